The van der Waals surface area contributed by atoms with Gasteiger partial charge in [-0.1, -0.05) is 0 Å². The van der Waals surface area contributed by atoms with Gasteiger partial charge < -0.3 is 0 Å². The van der Waals surface area contributed by atoms with E-state index in [0.717, 1.165) is 0 Å². The Morgan fingerprint density at radius 1 is 1.73 bits per heavy atom. The minimum absolute atomic E-state index is 0.0139. The molecule has 66 valence electrons. The zero-order valence-electron chi connectivity index (χ0n) is 7.09. The van der Waals surface area contributed by atoms with Gasteiger partial charge >= 0.3 is 81.5 Å². The van der Waals surface area contributed by atoms with Gasteiger partial charge in [0.05, 0.1) is 0 Å². The average molecular weight is 240 g/mol. The van der Waals surface area contributed by atoms with Crippen LogP contribution in [0.2, 0.25) is 4.31 Å². The second-order valence-corrected chi connectivity index (χ2v) is 5.84. The first-order valence-electron chi connectivity index (χ1n) is 3.50. The van der Waals surface area contributed by atoms with Crippen LogP contribution in [0, 0.1) is 0 Å². The summed E-state index contributed by atoms with van der Waals surface area (Å²) in [6.45, 7) is 6.12. The van der Waals surface area contributed by atoms with Crippen LogP contribution in [0.25, 0.3) is 0 Å². The third-order valence-electron chi connectivity index (χ3n) is 1.58. The Labute approximate surface area is 81.7 Å². The van der Waals surface area contributed by atoms with Crippen molar-refractivity contribution in [1.29, 1.82) is 0 Å². The molecule has 0 saturated heterocycles. The number of carbonyl (C=O) groups excluding carboxylic acids is 1. The van der Waals surface area contributed by atoms with E-state index in [1.165, 1.54) is 0 Å². The van der Waals surface area contributed by atoms with Crippen molar-refractivity contribution in [1.82, 2.24) is 5.32 Å². The van der Waals surface area contributed by atoms with E-state index >= 15 is 0 Å². The molecule has 0 heterocycles. The van der Waals surface area contributed by atoms with E-state index in [9.17, 15) is 4.79 Å². The van der Waals surface area contributed by atoms with Gasteiger partial charge in [0.1, 0.15) is 0 Å². The molecule has 0 rings (SSSR count). The van der Waals surface area contributed by atoms with Crippen LogP contribution in [-0.4, -0.2) is 33.7 Å². The number of amides is 1. The summed E-state index contributed by atoms with van der Waals surface area (Å²) in [5.41, 5.74) is 0. The quantitative estimate of drug-likeness (QED) is 0.546. The van der Waals surface area contributed by atoms with E-state index in [1.807, 2.05) is 6.92 Å². The Hall–Kier alpha value is 0.339. The Bertz CT molecular complexity index is 144. The van der Waals surface area contributed by atoms with Crippen molar-refractivity contribution in [3.63, 3.8) is 0 Å². The van der Waals surface area contributed by atoms with Crippen LogP contribution in [-0.2, 0) is 4.79 Å². The fourth-order valence-corrected chi connectivity index (χ4v) is 0.690. The molecule has 0 radical (unpaired) electrons. The molecule has 0 bridgehead atoms. The van der Waals surface area contributed by atoms with Gasteiger partial charge in [0.15, 0.2) is 0 Å². The molecular weight excluding hydrogens is 225 g/mol. The first-order chi connectivity index (χ1) is 4.88. The fraction of sp³-hybridized carbons (Fsp3) is 0.857. The first-order valence-corrected chi connectivity index (χ1v) is 5.07. The van der Waals surface area contributed by atoms with Crippen LogP contribution in [0.1, 0.15) is 20.8 Å². The van der Waals surface area contributed by atoms with Crippen LogP contribution in [0.4, 0.5) is 0 Å². The normalized spacial score (nSPS) is 14.3. The number of hydrogen-bond acceptors (Lipinski definition) is 2. The molecule has 0 aromatic rings. The standard InChI is InChI=1S/C7H15NOSSe/c1-5(7(2,3)11)8-6(9)4-10/h5,10-11H,4H2,1-3H3,(H,8,9). The van der Waals surface area contributed by atoms with Gasteiger partial charge in [-0.2, -0.15) is 0 Å². The summed E-state index contributed by atoms with van der Waals surface area (Å²) in [5, 5.41) is 2.84. The predicted octanol–water partition coefficient (Wildman–Crippen LogP) is 0.520. The number of carbonyl (C=O) groups is 1. The molecule has 0 aromatic heterocycles. The van der Waals surface area contributed by atoms with Crippen molar-refractivity contribution < 1.29 is 4.79 Å². The number of hydrogen-bond donors (Lipinski definition) is 2. The van der Waals surface area contributed by atoms with Crippen molar-refractivity contribution in [2.45, 2.75) is 31.1 Å². The summed E-state index contributed by atoms with van der Waals surface area (Å²) in [7, 11) is 0. The second kappa shape index (κ2) is 4.39. The van der Waals surface area contributed by atoms with Crippen molar-refractivity contribution in [2.24, 2.45) is 0 Å². The van der Waals surface area contributed by atoms with Crippen molar-refractivity contribution in [2.75, 3.05) is 5.75 Å². The second-order valence-electron chi connectivity index (χ2n) is 3.10. The molecule has 4 heteroatoms. The molecule has 0 aromatic carbocycles. The van der Waals surface area contributed by atoms with Crippen molar-refractivity contribution >= 4 is 34.5 Å². The van der Waals surface area contributed by atoms with Crippen LogP contribution in [0.3, 0.4) is 0 Å². The van der Waals surface area contributed by atoms with Crippen molar-refractivity contribution in [3.05, 3.63) is 0 Å². The number of thiol groups is 1. The molecule has 1 amide bonds. The summed E-state index contributed by atoms with van der Waals surface area (Å²) in [6.07, 6.45) is 0. The van der Waals surface area contributed by atoms with Gasteiger partial charge in [0, 0.05) is 0 Å². The molecule has 1 N–H and O–H groups in total. The minimum atomic E-state index is -0.0139. The molecule has 0 aliphatic carbocycles. The van der Waals surface area contributed by atoms with E-state index < -0.39 is 0 Å². The number of rotatable bonds is 3. The van der Waals surface area contributed by atoms with Crippen LogP contribution < -0.4 is 5.32 Å². The van der Waals surface area contributed by atoms with Crippen molar-refractivity contribution in [3.8, 4) is 0 Å². The monoisotopic (exact) mass is 241 g/mol. The summed E-state index contributed by atoms with van der Waals surface area (Å²) >= 11 is 6.42. The van der Waals surface area contributed by atoms with Crippen LogP contribution >= 0.6 is 12.6 Å². The maximum atomic E-state index is 10.9. The molecule has 0 aliphatic rings. The van der Waals surface area contributed by atoms with E-state index in [4.69, 9.17) is 0 Å². The Morgan fingerprint density at radius 3 is 2.45 bits per heavy atom. The van der Waals surface area contributed by atoms with Gasteiger partial charge in [-0.3, -0.25) is 0 Å². The van der Waals surface area contributed by atoms with Crippen LogP contribution in [0.15, 0.2) is 0 Å². The first kappa shape index (κ1) is 11.3. The maximum absolute atomic E-state index is 10.9. The third-order valence-corrected chi connectivity index (χ3v) is 2.68. The summed E-state index contributed by atoms with van der Waals surface area (Å²) in [6, 6.07) is 0.169. The van der Waals surface area contributed by atoms with E-state index in [1.54, 1.807) is 0 Å². The molecule has 11 heavy (non-hydrogen) atoms. The van der Waals surface area contributed by atoms with E-state index in [-0.39, 0.29) is 22.0 Å². The Kier molecular flexibility index (Phi) is 4.52. The summed E-state index contributed by atoms with van der Waals surface area (Å²) < 4.78 is 0.0611. The predicted molar refractivity (Wildman–Crippen MR) is 52.6 cm³/mol. The molecule has 2 nitrogen and oxygen atoms in total. The molecule has 0 aliphatic heterocycles. The van der Waals surface area contributed by atoms with E-state index in [0.29, 0.717) is 0 Å². The molecule has 1 atom stereocenters. The molecule has 0 saturated carbocycles. The molecular formula is C7H15NOSSe. The third kappa shape index (κ3) is 4.72. The number of nitrogens with one attached hydrogen (secondary N) is 1. The van der Waals surface area contributed by atoms with Crippen LogP contribution in [0.5, 0.6) is 0 Å². The van der Waals surface area contributed by atoms with Gasteiger partial charge in [-0.05, 0) is 0 Å². The zero-order chi connectivity index (χ0) is 9.07. The Balaban J connectivity index is 3.87. The van der Waals surface area contributed by atoms with Gasteiger partial charge in [0.2, 0.25) is 0 Å². The molecule has 0 spiro atoms. The van der Waals surface area contributed by atoms with Gasteiger partial charge in [-0.25, -0.2) is 0 Å². The summed E-state index contributed by atoms with van der Waals surface area (Å²) in [4.78, 5) is 10.9. The Morgan fingerprint density at radius 2 is 2.18 bits per heavy atom. The van der Waals surface area contributed by atoms with Gasteiger partial charge in [0.25, 0.3) is 0 Å². The zero-order valence-corrected chi connectivity index (χ0v) is 9.86. The topological polar surface area (TPSA) is 29.1 Å². The molecule has 0 fully saturated rings. The average Bonchev–Trinajstić information content (AvgIpc) is 1.85. The SMILES string of the molecule is CC(NC(=O)CS)C(C)(C)[SeH]. The fourth-order valence-electron chi connectivity index (χ4n) is 0.464. The molecule has 1 unspecified atom stereocenters. The van der Waals surface area contributed by atoms with E-state index in [2.05, 4.69) is 47.8 Å². The van der Waals surface area contributed by atoms with Gasteiger partial charge in [-0.15, -0.1) is 0 Å². The summed E-state index contributed by atoms with van der Waals surface area (Å²) in [5.74, 6) is 0.243.